The van der Waals surface area contributed by atoms with Crippen molar-refractivity contribution >= 4 is 22.4 Å². The summed E-state index contributed by atoms with van der Waals surface area (Å²) in [6.45, 7) is 0.651. The van der Waals surface area contributed by atoms with Gasteiger partial charge in [-0.15, -0.1) is 11.3 Å². The third-order valence-electron chi connectivity index (χ3n) is 3.79. The summed E-state index contributed by atoms with van der Waals surface area (Å²) < 4.78 is 0. The van der Waals surface area contributed by atoms with Crippen LogP contribution in [0.25, 0.3) is 0 Å². The number of H-pyrrole nitrogens is 1. The van der Waals surface area contributed by atoms with Crippen LogP contribution in [-0.4, -0.2) is 26.9 Å². The van der Waals surface area contributed by atoms with Gasteiger partial charge in [0.25, 0.3) is 0 Å². The molecular weight excluding hydrogens is 274 g/mol. The molecule has 0 bridgehead atoms. The highest BCUT2D eigenvalue weighted by molar-refractivity contribution is 7.13. The number of carbonyl (C=O) groups is 1. The fourth-order valence-corrected chi connectivity index (χ4v) is 3.25. The first kappa shape index (κ1) is 12.0. The van der Waals surface area contributed by atoms with Crippen LogP contribution in [0, 0.1) is 0 Å². The van der Waals surface area contributed by atoms with Crippen molar-refractivity contribution in [2.45, 2.75) is 37.8 Å². The van der Waals surface area contributed by atoms with Gasteiger partial charge in [-0.25, -0.2) is 9.97 Å². The van der Waals surface area contributed by atoms with E-state index in [0.29, 0.717) is 24.0 Å². The van der Waals surface area contributed by atoms with Crippen LogP contribution in [0.2, 0.25) is 0 Å². The van der Waals surface area contributed by atoms with Gasteiger partial charge in [-0.2, -0.15) is 0 Å². The molecule has 1 aliphatic heterocycles. The molecule has 1 saturated carbocycles. The van der Waals surface area contributed by atoms with Crippen molar-refractivity contribution in [1.29, 1.82) is 0 Å². The van der Waals surface area contributed by atoms with E-state index in [1.165, 1.54) is 24.2 Å². The van der Waals surface area contributed by atoms with E-state index in [9.17, 15) is 4.79 Å². The SMILES string of the molecule is O=C(Nc1nc(C2CC2)cs1)C1Cc2nc[nH]c2CN1. The smallest absolute Gasteiger partial charge is 0.243 e. The van der Waals surface area contributed by atoms with Crippen molar-refractivity contribution in [3.8, 4) is 0 Å². The number of fused-ring (bicyclic) bond motifs is 1. The average Bonchev–Trinajstić information content (AvgIpc) is 3.02. The summed E-state index contributed by atoms with van der Waals surface area (Å²) in [7, 11) is 0. The van der Waals surface area contributed by atoms with Crippen LogP contribution >= 0.6 is 11.3 Å². The molecule has 7 heteroatoms. The molecule has 6 nitrogen and oxygen atoms in total. The number of rotatable bonds is 3. The summed E-state index contributed by atoms with van der Waals surface area (Å²) in [6.07, 6.45) is 4.74. The molecule has 1 fully saturated rings. The number of hydrogen-bond acceptors (Lipinski definition) is 5. The number of amides is 1. The molecule has 0 radical (unpaired) electrons. The highest BCUT2D eigenvalue weighted by Crippen LogP contribution is 2.40. The number of aromatic amines is 1. The monoisotopic (exact) mass is 289 g/mol. The Kier molecular flexibility index (Phi) is 2.82. The summed E-state index contributed by atoms with van der Waals surface area (Å²) >= 11 is 1.50. The lowest BCUT2D eigenvalue weighted by molar-refractivity contribution is -0.118. The molecule has 1 amide bonds. The zero-order chi connectivity index (χ0) is 13.5. The Morgan fingerprint density at radius 2 is 2.35 bits per heavy atom. The Morgan fingerprint density at radius 1 is 1.45 bits per heavy atom. The Labute approximate surface area is 120 Å². The molecule has 0 aromatic carbocycles. The summed E-state index contributed by atoms with van der Waals surface area (Å²) in [5.74, 6) is 0.590. The molecule has 4 rings (SSSR count). The predicted octanol–water partition coefficient (Wildman–Crippen LogP) is 1.40. The summed E-state index contributed by atoms with van der Waals surface area (Å²) in [6, 6.07) is -0.237. The number of anilines is 1. The van der Waals surface area contributed by atoms with Crippen LogP contribution in [0.4, 0.5) is 5.13 Å². The van der Waals surface area contributed by atoms with Gasteiger partial charge in [-0.05, 0) is 12.8 Å². The van der Waals surface area contributed by atoms with E-state index in [1.807, 2.05) is 5.38 Å². The van der Waals surface area contributed by atoms with E-state index in [1.54, 1.807) is 6.33 Å². The molecule has 2 aliphatic rings. The Hall–Kier alpha value is -1.73. The average molecular weight is 289 g/mol. The third kappa shape index (κ3) is 2.23. The highest BCUT2D eigenvalue weighted by Gasteiger charge is 2.28. The lowest BCUT2D eigenvalue weighted by Gasteiger charge is -2.21. The second-order valence-corrected chi connectivity index (χ2v) is 6.16. The largest absolute Gasteiger partial charge is 0.347 e. The molecule has 2 aromatic rings. The van der Waals surface area contributed by atoms with Gasteiger partial charge in [-0.1, -0.05) is 0 Å². The maximum absolute atomic E-state index is 12.2. The lowest BCUT2D eigenvalue weighted by atomic mass is 10.1. The van der Waals surface area contributed by atoms with Crippen LogP contribution in [0.15, 0.2) is 11.7 Å². The molecule has 0 spiro atoms. The van der Waals surface area contributed by atoms with E-state index in [-0.39, 0.29) is 11.9 Å². The molecule has 1 unspecified atom stereocenters. The molecule has 2 aromatic heterocycles. The molecule has 3 heterocycles. The van der Waals surface area contributed by atoms with Crippen molar-refractivity contribution in [3.63, 3.8) is 0 Å². The lowest BCUT2D eigenvalue weighted by Crippen LogP contribution is -2.44. The third-order valence-corrected chi connectivity index (χ3v) is 4.57. The zero-order valence-corrected chi connectivity index (χ0v) is 11.7. The van der Waals surface area contributed by atoms with Gasteiger partial charge in [-0.3, -0.25) is 10.1 Å². The van der Waals surface area contributed by atoms with Crippen LogP contribution in [0.3, 0.4) is 0 Å². The van der Waals surface area contributed by atoms with E-state index in [0.717, 1.165) is 17.1 Å². The first-order valence-electron chi connectivity index (χ1n) is 6.80. The normalized spacial score (nSPS) is 21.5. The number of thiazole rings is 1. The maximum atomic E-state index is 12.2. The number of nitrogens with one attached hydrogen (secondary N) is 3. The van der Waals surface area contributed by atoms with Crippen molar-refractivity contribution in [1.82, 2.24) is 20.3 Å². The molecule has 104 valence electrons. The number of hydrogen-bond donors (Lipinski definition) is 3. The van der Waals surface area contributed by atoms with Gasteiger partial charge >= 0.3 is 0 Å². The minimum atomic E-state index is -0.237. The predicted molar refractivity (Wildman–Crippen MR) is 75.6 cm³/mol. The van der Waals surface area contributed by atoms with Crippen molar-refractivity contribution in [3.05, 3.63) is 28.8 Å². The summed E-state index contributed by atoms with van der Waals surface area (Å²) in [5, 5.41) is 8.87. The van der Waals surface area contributed by atoms with Crippen molar-refractivity contribution < 1.29 is 4.79 Å². The minimum absolute atomic E-state index is 0.0321. The van der Waals surface area contributed by atoms with Gasteiger partial charge in [0.05, 0.1) is 29.5 Å². The van der Waals surface area contributed by atoms with Gasteiger partial charge in [0.2, 0.25) is 5.91 Å². The second-order valence-electron chi connectivity index (χ2n) is 5.31. The fraction of sp³-hybridized carbons (Fsp3) is 0.462. The van der Waals surface area contributed by atoms with Crippen LogP contribution in [-0.2, 0) is 17.8 Å². The standard InChI is InChI=1S/C13H15N5OS/c19-12(9-3-8-10(4-14-9)16-6-15-8)18-13-17-11(5-20-13)7-1-2-7/h5-7,9,14H,1-4H2,(H,15,16)(H,17,18,19). The number of carbonyl (C=O) groups excluding carboxylic acids is 1. The topological polar surface area (TPSA) is 82.7 Å². The Balaban J connectivity index is 1.42. The van der Waals surface area contributed by atoms with E-state index < -0.39 is 0 Å². The van der Waals surface area contributed by atoms with Gasteiger partial charge in [0, 0.05) is 24.3 Å². The second kappa shape index (κ2) is 4.68. The molecule has 3 N–H and O–H groups in total. The fourth-order valence-electron chi connectivity index (χ4n) is 2.46. The molecule has 1 aliphatic carbocycles. The van der Waals surface area contributed by atoms with Crippen molar-refractivity contribution in [2.24, 2.45) is 0 Å². The van der Waals surface area contributed by atoms with E-state index in [4.69, 9.17) is 0 Å². The Bertz CT molecular complexity index is 645. The molecule has 1 atom stereocenters. The molecule has 0 saturated heterocycles. The van der Waals surface area contributed by atoms with Crippen LogP contribution in [0.5, 0.6) is 0 Å². The van der Waals surface area contributed by atoms with E-state index >= 15 is 0 Å². The highest BCUT2D eigenvalue weighted by atomic mass is 32.1. The van der Waals surface area contributed by atoms with Crippen molar-refractivity contribution in [2.75, 3.05) is 5.32 Å². The number of aromatic nitrogens is 3. The zero-order valence-electron chi connectivity index (χ0n) is 10.8. The minimum Gasteiger partial charge on any atom is -0.347 e. The summed E-state index contributed by atoms with van der Waals surface area (Å²) in [5.41, 5.74) is 3.16. The maximum Gasteiger partial charge on any atom is 0.243 e. The van der Waals surface area contributed by atoms with Gasteiger partial charge < -0.3 is 10.3 Å². The molecule has 20 heavy (non-hydrogen) atoms. The number of imidazole rings is 1. The number of nitrogens with zero attached hydrogens (tertiary/aromatic N) is 2. The summed E-state index contributed by atoms with van der Waals surface area (Å²) in [4.78, 5) is 24.0. The van der Waals surface area contributed by atoms with Crippen LogP contribution in [0.1, 0.15) is 35.8 Å². The quantitative estimate of drug-likeness (QED) is 0.797. The van der Waals surface area contributed by atoms with Gasteiger partial charge in [0.15, 0.2) is 5.13 Å². The molecular formula is C13H15N5OS. The Morgan fingerprint density at radius 3 is 3.20 bits per heavy atom. The van der Waals surface area contributed by atoms with E-state index in [2.05, 4.69) is 25.6 Å². The first-order chi connectivity index (χ1) is 9.79. The first-order valence-corrected chi connectivity index (χ1v) is 7.68. The van der Waals surface area contributed by atoms with Crippen LogP contribution < -0.4 is 10.6 Å². The van der Waals surface area contributed by atoms with Gasteiger partial charge in [0.1, 0.15) is 0 Å².